The number of benzene rings is 1. The number of thiocarbonyl (C=S) groups is 1. The molecule has 0 atom stereocenters. The van der Waals surface area contributed by atoms with Crippen LogP contribution in [0.3, 0.4) is 0 Å². The molecule has 0 saturated heterocycles. The Labute approximate surface area is 130 Å². The third-order valence-corrected chi connectivity index (χ3v) is 3.50. The second-order valence-electron chi connectivity index (χ2n) is 4.84. The van der Waals surface area contributed by atoms with Crippen LogP contribution in [0.5, 0.6) is 0 Å². The van der Waals surface area contributed by atoms with Gasteiger partial charge in [-0.1, -0.05) is 18.3 Å². The van der Waals surface area contributed by atoms with Gasteiger partial charge in [-0.05, 0) is 54.7 Å². The number of nitrogens with two attached hydrogens (primary N) is 1. The molecule has 0 aliphatic rings. The smallest absolute Gasteiger partial charge is 0.302 e. The molecule has 5 heteroatoms. The van der Waals surface area contributed by atoms with Crippen LogP contribution in [0.25, 0.3) is 6.08 Å². The number of hydrogen-bond donors (Lipinski definition) is 1. The zero-order valence-corrected chi connectivity index (χ0v) is 13.4. The average molecular weight is 302 g/mol. The van der Waals surface area contributed by atoms with Crippen LogP contribution < -0.4 is 5.73 Å². The van der Waals surface area contributed by atoms with Gasteiger partial charge in [0.1, 0.15) is 17.7 Å². The van der Waals surface area contributed by atoms with E-state index in [2.05, 4.69) is 0 Å². The van der Waals surface area contributed by atoms with Crippen LogP contribution in [0.2, 0.25) is 0 Å². The average Bonchev–Trinajstić information content (AvgIpc) is 2.37. The van der Waals surface area contributed by atoms with Gasteiger partial charge in [0, 0.05) is 6.92 Å². The number of aryl methyl sites for hydroxylation is 2. The number of carbonyl (C=O) groups excluding carboxylic acids is 1. The number of rotatable bonds is 4. The molecular weight excluding hydrogens is 284 g/mol. The van der Waals surface area contributed by atoms with Crippen molar-refractivity contribution in [3.63, 3.8) is 0 Å². The highest BCUT2D eigenvalue weighted by atomic mass is 32.1. The Bertz CT molecular complexity index is 670. The zero-order chi connectivity index (χ0) is 16.2. The Kier molecular flexibility index (Phi) is 5.62. The Hall–Kier alpha value is -2.19. The molecule has 0 spiro atoms. The first kappa shape index (κ1) is 16.9. The largest absolute Gasteiger partial charge is 0.461 e. The fourth-order valence-corrected chi connectivity index (χ4v) is 2.27. The fraction of sp³-hybridized carbons (Fsp3) is 0.312. The van der Waals surface area contributed by atoms with E-state index in [9.17, 15) is 4.79 Å². The summed E-state index contributed by atoms with van der Waals surface area (Å²) in [7, 11) is 0. The maximum Gasteiger partial charge on any atom is 0.302 e. The maximum atomic E-state index is 11.0. The van der Waals surface area contributed by atoms with Gasteiger partial charge < -0.3 is 10.5 Å². The summed E-state index contributed by atoms with van der Waals surface area (Å²) in [4.78, 5) is 11.1. The molecule has 2 N–H and O–H groups in total. The normalized spacial score (nSPS) is 10.9. The predicted octanol–water partition coefficient (Wildman–Crippen LogP) is 2.87. The summed E-state index contributed by atoms with van der Waals surface area (Å²) in [6, 6.07) is 3.99. The van der Waals surface area contributed by atoms with Gasteiger partial charge in [0.2, 0.25) is 0 Å². The van der Waals surface area contributed by atoms with E-state index in [1.54, 1.807) is 6.08 Å². The van der Waals surface area contributed by atoms with Gasteiger partial charge in [0.25, 0.3) is 0 Å². The number of nitrogens with zero attached hydrogens (tertiary/aromatic N) is 1. The highest BCUT2D eigenvalue weighted by Crippen LogP contribution is 2.25. The van der Waals surface area contributed by atoms with Crippen molar-refractivity contribution in [3.8, 4) is 6.07 Å². The number of nitriles is 1. The number of esters is 1. The molecule has 1 rings (SSSR count). The number of carbonyl (C=O) groups is 1. The molecule has 0 radical (unpaired) electrons. The van der Waals surface area contributed by atoms with Crippen LogP contribution >= 0.6 is 12.2 Å². The second-order valence-corrected chi connectivity index (χ2v) is 5.28. The highest BCUT2D eigenvalue weighted by Gasteiger charge is 2.12. The predicted molar refractivity (Wildman–Crippen MR) is 86.5 cm³/mol. The topological polar surface area (TPSA) is 76.1 Å². The van der Waals surface area contributed by atoms with Crippen molar-refractivity contribution >= 4 is 29.3 Å². The number of hydrogen-bond acceptors (Lipinski definition) is 4. The summed E-state index contributed by atoms with van der Waals surface area (Å²) >= 11 is 4.86. The Morgan fingerprint density at radius 1 is 1.43 bits per heavy atom. The van der Waals surface area contributed by atoms with Crippen LogP contribution in [0, 0.1) is 32.1 Å². The minimum Gasteiger partial charge on any atom is -0.461 e. The van der Waals surface area contributed by atoms with Gasteiger partial charge >= 0.3 is 5.97 Å². The Balaban J connectivity index is 3.40. The Morgan fingerprint density at radius 2 is 2.05 bits per heavy atom. The molecule has 1 aromatic carbocycles. The van der Waals surface area contributed by atoms with E-state index in [1.807, 2.05) is 32.9 Å². The van der Waals surface area contributed by atoms with Gasteiger partial charge in [0.15, 0.2) is 0 Å². The SMILES string of the molecule is CC(=O)OCc1c(C)cc(C)c(/C=C(\C#N)C(N)=S)c1C. The molecule has 0 aromatic heterocycles. The molecule has 0 saturated carbocycles. The van der Waals surface area contributed by atoms with Gasteiger partial charge in [-0.2, -0.15) is 5.26 Å². The molecular formula is C16H18N2O2S. The highest BCUT2D eigenvalue weighted by molar-refractivity contribution is 7.80. The van der Waals surface area contributed by atoms with Crippen molar-refractivity contribution in [3.05, 3.63) is 39.5 Å². The minimum atomic E-state index is -0.327. The molecule has 0 bridgehead atoms. The quantitative estimate of drug-likeness (QED) is 0.400. The van der Waals surface area contributed by atoms with E-state index < -0.39 is 0 Å². The molecule has 1 aromatic rings. The third-order valence-electron chi connectivity index (χ3n) is 3.28. The monoisotopic (exact) mass is 302 g/mol. The summed E-state index contributed by atoms with van der Waals surface area (Å²) in [6.07, 6.45) is 1.68. The lowest BCUT2D eigenvalue weighted by Crippen LogP contribution is -2.10. The molecule has 4 nitrogen and oxygen atoms in total. The van der Waals surface area contributed by atoms with Crippen LogP contribution in [0.1, 0.15) is 34.7 Å². The van der Waals surface area contributed by atoms with E-state index in [0.29, 0.717) is 0 Å². The summed E-state index contributed by atoms with van der Waals surface area (Å²) in [5.74, 6) is -0.327. The summed E-state index contributed by atoms with van der Waals surface area (Å²) in [6.45, 7) is 7.43. The van der Waals surface area contributed by atoms with Crippen molar-refractivity contribution in [2.45, 2.75) is 34.3 Å². The molecule has 110 valence electrons. The van der Waals surface area contributed by atoms with Crippen LogP contribution in [-0.4, -0.2) is 11.0 Å². The van der Waals surface area contributed by atoms with Crippen LogP contribution in [0.4, 0.5) is 0 Å². The van der Waals surface area contributed by atoms with Gasteiger partial charge in [-0.25, -0.2) is 0 Å². The fourth-order valence-electron chi connectivity index (χ4n) is 2.16. The summed E-state index contributed by atoms with van der Waals surface area (Å²) in [5, 5.41) is 9.08. The summed E-state index contributed by atoms with van der Waals surface area (Å²) in [5.41, 5.74) is 10.6. The van der Waals surface area contributed by atoms with Crippen molar-refractivity contribution < 1.29 is 9.53 Å². The first-order valence-electron chi connectivity index (χ1n) is 6.42. The number of ether oxygens (including phenoxy) is 1. The van der Waals surface area contributed by atoms with Gasteiger partial charge in [-0.3, -0.25) is 4.79 Å². The first-order chi connectivity index (χ1) is 9.77. The molecule has 0 fully saturated rings. The maximum absolute atomic E-state index is 11.0. The third kappa shape index (κ3) is 4.14. The van der Waals surface area contributed by atoms with Crippen molar-refractivity contribution in [2.24, 2.45) is 5.73 Å². The Morgan fingerprint density at radius 3 is 2.52 bits per heavy atom. The summed E-state index contributed by atoms with van der Waals surface area (Å²) < 4.78 is 5.09. The molecule has 0 heterocycles. The van der Waals surface area contributed by atoms with Crippen LogP contribution in [0.15, 0.2) is 11.6 Å². The van der Waals surface area contributed by atoms with Crippen molar-refractivity contribution in [1.29, 1.82) is 5.26 Å². The van der Waals surface area contributed by atoms with E-state index >= 15 is 0 Å². The van der Waals surface area contributed by atoms with E-state index in [4.69, 9.17) is 28.0 Å². The standard InChI is InChI=1S/C16H18N2O2S/c1-9-5-10(2)15(8-20-12(4)19)11(3)14(9)6-13(7-17)16(18)21/h5-6H,8H2,1-4H3,(H2,18,21)/b13-6+. The molecule has 21 heavy (non-hydrogen) atoms. The van der Waals surface area contributed by atoms with Gasteiger partial charge in [0.05, 0.1) is 5.57 Å². The molecule has 0 aliphatic carbocycles. The van der Waals surface area contributed by atoms with Crippen molar-refractivity contribution in [2.75, 3.05) is 0 Å². The van der Waals surface area contributed by atoms with E-state index in [-0.39, 0.29) is 23.1 Å². The van der Waals surface area contributed by atoms with E-state index in [1.165, 1.54) is 6.92 Å². The molecule has 0 unspecified atom stereocenters. The lowest BCUT2D eigenvalue weighted by Gasteiger charge is -2.15. The molecule has 0 amide bonds. The van der Waals surface area contributed by atoms with Crippen molar-refractivity contribution in [1.82, 2.24) is 0 Å². The molecule has 0 aliphatic heterocycles. The van der Waals surface area contributed by atoms with Crippen LogP contribution in [-0.2, 0) is 16.1 Å². The lowest BCUT2D eigenvalue weighted by atomic mass is 9.92. The van der Waals surface area contributed by atoms with Gasteiger partial charge in [-0.15, -0.1) is 0 Å². The minimum absolute atomic E-state index is 0.0680. The zero-order valence-electron chi connectivity index (χ0n) is 12.6. The second kappa shape index (κ2) is 7.00. The van der Waals surface area contributed by atoms with E-state index in [0.717, 1.165) is 27.8 Å². The first-order valence-corrected chi connectivity index (χ1v) is 6.83. The lowest BCUT2D eigenvalue weighted by molar-refractivity contribution is -0.142.